The lowest BCUT2D eigenvalue weighted by Crippen LogP contribution is -1.92. The molecule has 0 saturated heterocycles. The molecule has 0 bridgehead atoms. The first-order chi connectivity index (χ1) is 20.8. The summed E-state index contributed by atoms with van der Waals surface area (Å²) in [4.78, 5) is 14.5. The Morgan fingerprint density at radius 1 is 0.357 bits per heavy atom. The third-order valence-corrected chi connectivity index (χ3v) is 7.93. The fourth-order valence-electron chi connectivity index (χ4n) is 5.68. The van der Waals surface area contributed by atoms with Crippen molar-refractivity contribution in [3.8, 4) is 44.8 Å². The van der Waals surface area contributed by atoms with Crippen molar-refractivity contribution in [2.75, 3.05) is 0 Å². The Morgan fingerprint density at radius 2 is 0.833 bits per heavy atom. The van der Waals surface area contributed by atoms with E-state index in [-0.39, 0.29) is 0 Å². The third kappa shape index (κ3) is 4.38. The lowest BCUT2D eigenvalue weighted by Gasteiger charge is -2.12. The molecule has 0 amide bonds. The molecular weight excluding hydrogens is 510 g/mol. The highest BCUT2D eigenvalue weighted by Gasteiger charge is 2.11. The van der Waals surface area contributed by atoms with Gasteiger partial charge in [-0.15, -0.1) is 0 Å². The molecule has 0 unspecified atom stereocenters. The molecule has 42 heavy (non-hydrogen) atoms. The number of nitrogens with zero attached hydrogens (tertiary/aromatic N) is 3. The van der Waals surface area contributed by atoms with Gasteiger partial charge in [-0.05, 0) is 46.8 Å². The van der Waals surface area contributed by atoms with Crippen LogP contribution >= 0.6 is 0 Å². The van der Waals surface area contributed by atoms with E-state index >= 15 is 0 Å². The average molecular weight is 536 g/mol. The number of fused-ring (bicyclic) bond motifs is 3. The van der Waals surface area contributed by atoms with E-state index in [4.69, 9.17) is 4.98 Å². The van der Waals surface area contributed by atoms with Gasteiger partial charge in [0.1, 0.15) is 0 Å². The molecule has 0 fully saturated rings. The molecule has 0 spiro atoms. The summed E-state index contributed by atoms with van der Waals surface area (Å²) < 4.78 is 0. The molecule has 3 aromatic heterocycles. The van der Waals surface area contributed by atoms with Gasteiger partial charge in [-0.2, -0.15) is 0 Å². The number of para-hydroxylation sites is 2. The summed E-state index contributed by atoms with van der Waals surface area (Å²) in [5.41, 5.74) is 10.6. The van der Waals surface area contributed by atoms with Crippen LogP contribution in [0, 0.1) is 0 Å². The zero-order chi connectivity index (χ0) is 27.9. The highest BCUT2D eigenvalue weighted by Crippen LogP contribution is 2.34. The first-order valence-corrected chi connectivity index (χ1v) is 14.1. The van der Waals surface area contributed by atoms with Crippen molar-refractivity contribution in [2.24, 2.45) is 0 Å². The molecule has 0 atom stereocenters. The van der Waals surface area contributed by atoms with Gasteiger partial charge in [-0.3, -0.25) is 9.97 Å². The molecule has 5 aromatic carbocycles. The number of pyridine rings is 3. The molecule has 3 heterocycles. The highest BCUT2D eigenvalue weighted by atomic mass is 14.7. The normalized spacial score (nSPS) is 11.3. The van der Waals surface area contributed by atoms with Crippen LogP contribution in [0.2, 0.25) is 0 Å². The molecule has 196 valence electrons. The fraction of sp³-hybridized carbons (Fsp3) is 0. The van der Waals surface area contributed by atoms with Gasteiger partial charge in [-0.1, -0.05) is 109 Å². The minimum absolute atomic E-state index is 0.953. The molecule has 0 aliphatic rings. The maximum atomic E-state index is 5.20. The van der Waals surface area contributed by atoms with Gasteiger partial charge in [0.2, 0.25) is 0 Å². The van der Waals surface area contributed by atoms with E-state index in [1.54, 1.807) is 0 Å². The van der Waals surface area contributed by atoms with E-state index in [2.05, 4.69) is 119 Å². The summed E-state index contributed by atoms with van der Waals surface area (Å²) in [5.74, 6) is 0. The maximum Gasteiger partial charge on any atom is 0.0787 e. The largest absolute Gasteiger partial charge is 0.256 e. The van der Waals surface area contributed by atoms with E-state index in [0.717, 1.165) is 72.0 Å². The maximum absolute atomic E-state index is 5.20. The first kappa shape index (κ1) is 24.2. The standard InChI is InChI=1S/C39H25N3/c1-4-10-35-30(7-1)23-38(28-17-13-26(14-18-28)33-21-31-8-2-5-11-36(31)40-24-33)42-39(35)29-19-15-27(16-20-29)34-22-32-9-3-6-12-37(32)41-25-34/h1-25H. The van der Waals surface area contributed by atoms with Crippen molar-refractivity contribution in [2.45, 2.75) is 0 Å². The van der Waals surface area contributed by atoms with Gasteiger partial charge >= 0.3 is 0 Å². The summed E-state index contributed by atoms with van der Waals surface area (Å²) in [6.45, 7) is 0. The zero-order valence-electron chi connectivity index (χ0n) is 22.8. The Kier molecular flexibility index (Phi) is 5.79. The van der Waals surface area contributed by atoms with E-state index in [0.29, 0.717) is 0 Å². The lowest BCUT2D eigenvalue weighted by molar-refractivity contribution is 1.35. The molecule has 8 aromatic rings. The molecular formula is C39H25N3. The van der Waals surface area contributed by atoms with Gasteiger partial charge in [0.25, 0.3) is 0 Å². The van der Waals surface area contributed by atoms with Crippen molar-refractivity contribution < 1.29 is 0 Å². The molecule has 3 nitrogen and oxygen atoms in total. The van der Waals surface area contributed by atoms with Crippen LogP contribution in [0.4, 0.5) is 0 Å². The summed E-state index contributed by atoms with van der Waals surface area (Å²) in [6.07, 6.45) is 3.89. The molecule has 0 aliphatic heterocycles. The quantitative estimate of drug-likeness (QED) is 0.225. The molecule has 0 saturated carbocycles. The summed E-state index contributed by atoms with van der Waals surface area (Å²) in [5, 5.41) is 4.59. The third-order valence-electron chi connectivity index (χ3n) is 7.93. The Hall–Kier alpha value is -5.67. The van der Waals surface area contributed by atoms with Crippen molar-refractivity contribution in [3.05, 3.63) is 152 Å². The number of hydrogen-bond donors (Lipinski definition) is 0. The lowest BCUT2D eigenvalue weighted by atomic mass is 9.98. The summed E-state index contributed by atoms with van der Waals surface area (Å²) in [6, 6.07) is 48.8. The van der Waals surface area contributed by atoms with Crippen molar-refractivity contribution in [1.82, 2.24) is 15.0 Å². The van der Waals surface area contributed by atoms with Crippen LogP contribution in [0.15, 0.2) is 152 Å². The minimum atomic E-state index is 0.953. The zero-order valence-corrected chi connectivity index (χ0v) is 22.8. The monoisotopic (exact) mass is 535 g/mol. The van der Waals surface area contributed by atoms with E-state index in [1.165, 1.54) is 5.39 Å². The Morgan fingerprint density at radius 3 is 1.43 bits per heavy atom. The number of aromatic nitrogens is 3. The Bertz CT molecular complexity index is 2230. The van der Waals surface area contributed by atoms with E-state index < -0.39 is 0 Å². The van der Waals surface area contributed by atoms with E-state index in [1.807, 2.05) is 42.7 Å². The van der Waals surface area contributed by atoms with Crippen molar-refractivity contribution >= 4 is 32.6 Å². The van der Waals surface area contributed by atoms with Gasteiger partial charge in [0, 0.05) is 50.8 Å². The fourth-order valence-corrected chi connectivity index (χ4v) is 5.68. The molecule has 8 rings (SSSR count). The molecule has 0 radical (unpaired) electrons. The van der Waals surface area contributed by atoms with Crippen molar-refractivity contribution in [1.29, 1.82) is 0 Å². The van der Waals surface area contributed by atoms with E-state index in [9.17, 15) is 0 Å². The Balaban J connectivity index is 1.16. The molecule has 0 aliphatic carbocycles. The molecule has 0 N–H and O–H groups in total. The average Bonchev–Trinajstić information content (AvgIpc) is 3.07. The predicted molar refractivity (Wildman–Crippen MR) is 174 cm³/mol. The van der Waals surface area contributed by atoms with Crippen LogP contribution in [-0.2, 0) is 0 Å². The Labute approximate surface area is 243 Å². The summed E-state index contributed by atoms with van der Waals surface area (Å²) >= 11 is 0. The van der Waals surface area contributed by atoms with Gasteiger partial charge in [0.05, 0.1) is 22.4 Å². The van der Waals surface area contributed by atoms with Gasteiger partial charge in [0.15, 0.2) is 0 Å². The van der Waals surface area contributed by atoms with Gasteiger partial charge < -0.3 is 0 Å². The smallest absolute Gasteiger partial charge is 0.0787 e. The second-order valence-corrected chi connectivity index (χ2v) is 10.6. The van der Waals surface area contributed by atoms with Crippen LogP contribution in [-0.4, -0.2) is 15.0 Å². The minimum Gasteiger partial charge on any atom is -0.256 e. The topological polar surface area (TPSA) is 38.7 Å². The van der Waals surface area contributed by atoms with Crippen LogP contribution in [0.25, 0.3) is 77.3 Å². The SMILES string of the molecule is c1ccc2ncc(-c3ccc(-c4cc5ccccc5c(-c5ccc(-c6cnc7ccccc7c6)cc5)n4)cc3)cc2c1. The van der Waals surface area contributed by atoms with Crippen LogP contribution in [0.3, 0.4) is 0 Å². The number of rotatable bonds is 4. The second-order valence-electron chi connectivity index (χ2n) is 10.6. The predicted octanol–water partition coefficient (Wildman–Crippen LogP) is 10.00. The van der Waals surface area contributed by atoms with Crippen LogP contribution in [0.1, 0.15) is 0 Å². The first-order valence-electron chi connectivity index (χ1n) is 14.1. The van der Waals surface area contributed by atoms with Crippen molar-refractivity contribution in [3.63, 3.8) is 0 Å². The van der Waals surface area contributed by atoms with Gasteiger partial charge in [-0.25, -0.2) is 4.98 Å². The molecule has 3 heteroatoms. The highest BCUT2D eigenvalue weighted by molar-refractivity contribution is 5.97. The second kappa shape index (κ2) is 10.1. The summed E-state index contributed by atoms with van der Waals surface area (Å²) in [7, 11) is 0. The van der Waals surface area contributed by atoms with Crippen LogP contribution < -0.4 is 0 Å². The number of hydrogen-bond acceptors (Lipinski definition) is 3. The van der Waals surface area contributed by atoms with Crippen LogP contribution in [0.5, 0.6) is 0 Å². The number of benzene rings is 5.